The minimum absolute atomic E-state index is 0.0823. The van der Waals surface area contributed by atoms with Crippen LogP contribution in [0.15, 0.2) is 52.0 Å². The fraction of sp³-hybridized carbons (Fsp3) is 0.263. The highest BCUT2D eigenvalue weighted by molar-refractivity contribution is 9.10. The Morgan fingerprint density at radius 1 is 1.32 bits per heavy atom. The van der Waals surface area contributed by atoms with Crippen molar-refractivity contribution < 1.29 is 14.6 Å². The maximum absolute atomic E-state index is 11.8. The van der Waals surface area contributed by atoms with Crippen LogP contribution in [-0.2, 0) is 4.79 Å². The van der Waals surface area contributed by atoms with Gasteiger partial charge in [-0.1, -0.05) is 41.9 Å². The number of hydrogen-bond acceptors (Lipinski definition) is 4. The number of carbonyl (C=O) groups is 1. The Morgan fingerprint density at radius 2 is 2.04 bits per heavy atom. The summed E-state index contributed by atoms with van der Waals surface area (Å²) in [5.74, 6) is 0.840. The van der Waals surface area contributed by atoms with E-state index in [1.807, 2.05) is 24.3 Å². The molecule has 1 unspecified atom stereocenters. The zero-order valence-corrected chi connectivity index (χ0v) is 15.8. The SMILES string of the molecule is CCC(C)c1ccc(OCC(=O)N/N=C/c2cc(Br)ccc2O)cc1. The van der Waals surface area contributed by atoms with Crippen molar-refractivity contribution in [1.82, 2.24) is 5.43 Å². The minimum Gasteiger partial charge on any atom is -0.507 e. The van der Waals surface area contributed by atoms with Crippen molar-refractivity contribution in [3.63, 3.8) is 0 Å². The Kier molecular flexibility index (Phi) is 7.01. The Bertz CT molecular complexity index is 745. The van der Waals surface area contributed by atoms with E-state index in [1.54, 1.807) is 18.2 Å². The summed E-state index contributed by atoms with van der Waals surface area (Å²) < 4.78 is 6.25. The maximum Gasteiger partial charge on any atom is 0.277 e. The molecule has 1 amide bonds. The van der Waals surface area contributed by atoms with Crippen LogP contribution in [-0.4, -0.2) is 23.8 Å². The molecule has 0 saturated heterocycles. The highest BCUT2D eigenvalue weighted by Gasteiger charge is 2.05. The van der Waals surface area contributed by atoms with Gasteiger partial charge in [0, 0.05) is 10.0 Å². The number of hydrazone groups is 1. The minimum atomic E-state index is -0.378. The van der Waals surface area contributed by atoms with Gasteiger partial charge in [-0.15, -0.1) is 0 Å². The molecule has 2 aromatic carbocycles. The largest absolute Gasteiger partial charge is 0.507 e. The molecule has 1 atom stereocenters. The quantitative estimate of drug-likeness (QED) is 0.536. The molecular weight excluding hydrogens is 384 g/mol. The number of halogens is 1. The molecule has 0 aliphatic rings. The predicted molar refractivity (Wildman–Crippen MR) is 102 cm³/mol. The number of nitrogens with one attached hydrogen (secondary N) is 1. The van der Waals surface area contributed by atoms with E-state index >= 15 is 0 Å². The lowest BCUT2D eigenvalue weighted by Crippen LogP contribution is -2.24. The van der Waals surface area contributed by atoms with Crippen LogP contribution >= 0.6 is 15.9 Å². The standard InChI is InChI=1S/C19H21BrN2O3/c1-3-13(2)14-4-7-17(8-5-14)25-12-19(24)22-21-11-15-10-16(20)6-9-18(15)23/h4-11,13,23H,3,12H2,1-2H3,(H,22,24)/b21-11+. The van der Waals surface area contributed by atoms with Crippen molar-refractivity contribution in [1.29, 1.82) is 0 Å². The summed E-state index contributed by atoms with van der Waals surface area (Å²) in [5.41, 5.74) is 4.11. The molecule has 0 fully saturated rings. The first-order valence-electron chi connectivity index (χ1n) is 8.02. The maximum atomic E-state index is 11.8. The third-order valence-corrected chi connectivity index (χ3v) is 4.31. The van der Waals surface area contributed by atoms with Gasteiger partial charge >= 0.3 is 0 Å². The van der Waals surface area contributed by atoms with E-state index in [4.69, 9.17) is 4.74 Å². The van der Waals surface area contributed by atoms with Gasteiger partial charge in [-0.25, -0.2) is 5.43 Å². The normalized spacial score (nSPS) is 12.1. The lowest BCUT2D eigenvalue weighted by molar-refractivity contribution is -0.123. The second-order valence-corrected chi connectivity index (χ2v) is 6.58. The number of carbonyl (C=O) groups excluding carboxylic acids is 1. The molecule has 0 radical (unpaired) electrons. The zero-order chi connectivity index (χ0) is 18.2. The molecule has 0 saturated carbocycles. The topological polar surface area (TPSA) is 70.9 Å². The molecule has 0 aromatic heterocycles. The van der Waals surface area contributed by atoms with Crippen LogP contribution in [0.5, 0.6) is 11.5 Å². The Hall–Kier alpha value is -2.34. The van der Waals surface area contributed by atoms with Crippen LogP contribution in [0.2, 0.25) is 0 Å². The number of phenols is 1. The van der Waals surface area contributed by atoms with Crippen molar-refractivity contribution in [3.05, 3.63) is 58.1 Å². The van der Waals surface area contributed by atoms with Crippen LogP contribution in [0, 0.1) is 0 Å². The molecule has 132 valence electrons. The summed E-state index contributed by atoms with van der Waals surface area (Å²) in [7, 11) is 0. The third-order valence-electron chi connectivity index (χ3n) is 3.81. The van der Waals surface area contributed by atoms with Crippen LogP contribution in [0.1, 0.15) is 37.3 Å². The summed E-state index contributed by atoms with van der Waals surface area (Å²) in [6, 6.07) is 12.7. The smallest absolute Gasteiger partial charge is 0.277 e. The number of ether oxygens (including phenoxy) is 1. The molecule has 0 heterocycles. The van der Waals surface area contributed by atoms with Gasteiger partial charge in [-0.2, -0.15) is 5.10 Å². The summed E-state index contributed by atoms with van der Waals surface area (Å²) >= 11 is 3.31. The zero-order valence-electron chi connectivity index (χ0n) is 14.2. The average molecular weight is 405 g/mol. The van der Waals surface area contributed by atoms with Gasteiger partial charge in [0.15, 0.2) is 6.61 Å². The summed E-state index contributed by atoms with van der Waals surface area (Å²) in [4.78, 5) is 11.8. The third kappa shape index (κ3) is 5.90. The van der Waals surface area contributed by atoms with Crippen LogP contribution in [0.4, 0.5) is 0 Å². The van der Waals surface area contributed by atoms with E-state index < -0.39 is 0 Å². The summed E-state index contributed by atoms with van der Waals surface area (Å²) in [5, 5.41) is 13.5. The molecule has 2 aromatic rings. The van der Waals surface area contributed by atoms with Gasteiger partial charge in [-0.3, -0.25) is 4.79 Å². The van der Waals surface area contributed by atoms with E-state index in [1.165, 1.54) is 11.8 Å². The number of amides is 1. The first-order chi connectivity index (χ1) is 12.0. The molecule has 0 aliphatic heterocycles. The second kappa shape index (κ2) is 9.22. The van der Waals surface area contributed by atoms with Crippen LogP contribution < -0.4 is 10.2 Å². The molecule has 2 rings (SSSR count). The van der Waals surface area contributed by atoms with Crippen molar-refractivity contribution in [2.45, 2.75) is 26.2 Å². The lowest BCUT2D eigenvalue weighted by Gasteiger charge is -2.10. The van der Waals surface area contributed by atoms with Gasteiger partial charge in [0.2, 0.25) is 0 Å². The molecule has 0 spiro atoms. The van der Waals surface area contributed by atoms with Crippen molar-refractivity contribution in [2.24, 2.45) is 5.10 Å². The van der Waals surface area contributed by atoms with Gasteiger partial charge in [0.25, 0.3) is 5.91 Å². The van der Waals surface area contributed by atoms with E-state index in [9.17, 15) is 9.90 Å². The number of nitrogens with zero attached hydrogens (tertiary/aromatic N) is 1. The summed E-state index contributed by atoms with van der Waals surface area (Å²) in [6.07, 6.45) is 2.45. The molecule has 0 bridgehead atoms. The fourth-order valence-electron chi connectivity index (χ4n) is 2.11. The fourth-order valence-corrected chi connectivity index (χ4v) is 2.49. The highest BCUT2D eigenvalue weighted by atomic mass is 79.9. The monoisotopic (exact) mass is 404 g/mol. The van der Waals surface area contributed by atoms with Gasteiger partial charge in [0.05, 0.1) is 6.21 Å². The first kappa shape index (κ1) is 19.0. The highest BCUT2D eigenvalue weighted by Crippen LogP contribution is 2.21. The number of aromatic hydroxyl groups is 1. The number of phenolic OH excluding ortho intramolecular Hbond substituents is 1. The molecular formula is C19H21BrN2O3. The average Bonchev–Trinajstić information content (AvgIpc) is 2.62. The molecule has 2 N–H and O–H groups in total. The summed E-state index contributed by atoms with van der Waals surface area (Å²) in [6.45, 7) is 4.18. The number of benzene rings is 2. The predicted octanol–water partition coefficient (Wildman–Crippen LogP) is 4.20. The second-order valence-electron chi connectivity index (χ2n) is 5.66. The van der Waals surface area contributed by atoms with Crippen LogP contribution in [0.25, 0.3) is 0 Å². The molecule has 5 nitrogen and oxygen atoms in total. The Balaban J connectivity index is 1.82. The Morgan fingerprint density at radius 3 is 2.72 bits per heavy atom. The van der Waals surface area contributed by atoms with Gasteiger partial charge < -0.3 is 9.84 Å². The van der Waals surface area contributed by atoms with Crippen molar-refractivity contribution >= 4 is 28.1 Å². The van der Waals surface area contributed by atoms with E-state index in [-0.39, 0.29) is 18.3 Å². The molecule has 6 heteroatoms. The Labute approximate surface area is 155 Å². The van der Waals surface area contributed by atoms with Crippen molar-refractivity contribution in [3.8, 4) is 11.5 Å². The van der Waals surface area contributed by atoms with E-state index in [0.29, 0.717) is 17.2 Å². The lowest BCUT2D eigenvalue weighted by atomic mass is 9.99. The van der Waals surface area contributed by atoms with Gasteiger partial charge in [-0.05, 0) is 48.2 Å². The van der Waals surface area contributed by atoms with E-state index in [2.05, 4.69) is 40.3 Å². The molecule has 25 heavy (non-hydrogen) atoms. The van der Waals surface area contributed by atoms with Crippen LogP contribution in [0.3, 0.4) is 0 Å². The molecule has 0 aliphatic carbocycles. The van der Waals surface area contributed by atoms with Gasteiger partial charge in [0.1, 0.15) is 11.5 Å². The van der Waals surface area contributed by atoms with E-state index in [0.717, 1.165) is 10.9 Å². The number of hydrogen-bond donors (Lipinski definition) is 2. The number of rotatable bonds is 7. The van der Waals surface area contributed by atoms with Crippen molar-refractivity contribution in [2.75, 3.05) is 6.61 Å². The first-order valence-corrected chi connectivity index (χ1v) is 8.82.